The van der Waals surface area contributed by atoms with Gasteiger partial charge in [0.25, 0.3) is 0 Å². The monoisotopic (exact) mass is 250 g/mol. The molecule has 0 aliphatic heterocycles. The highest BCUT2D eigenvalue weighted by atomic mass is 16.5. The summed E-state index contributed by atoms with van der Waals surface area (Å²) in [4.78, 5) is 11.8. The minimum atomic E-state index is -0.0300. The van der Waals surface area contributed by atoms with E-state index in [1.807, 2.05) is 38.1 Å². The Kier molecular flexibility index (Phi) is 5.65. The fourth-order valence-electron chi connectivity index (χ4n) is 1.69. The van der Waals surface area contributed by atoms with Gasteiger partial charge in [0.05, 0.1) is 13.2 Å². The van der Waals surface area contributed by atoms with Crippen LogP contribution in [0.1, 0.15) is 31.9 Å². The standard InChI is InChI=1S/C14H22N2O2/c1-10(9-15)7-14(17)16-11(2)12-5-4-6-13(8-12)18-3/h4-6,8,10-11H,7,9,15H2,1-3H3,(H,16,17). The molecule has 0 spiro atoms. The van der Waals surface area contributed by atoms with Crippen LogP contribution in [-0.2, 0) is 4.79 Å². The molecule has 1 aromatic rings. The Hall–Kier alpha value is -1.55. The van der Waals surface area contributed by atoms with Crippen molar-refractivity contribution < 1.29 is 9.53 Å². The van der Waals surface area contributed by atoms with Gasteiger partial charge in [0.2, 0.25) is 5.91 Å². The molecule has 4 nitrogen and oxygen atoms in total. The molecule has 100 valence electrons. The van der Waals surface area contributed by atoms with Crippen LogP contribution in [-0.4, -0.2) is 19.6 Å². The maximum Gasteiger partial charge on any atom is 0.220 e. The van der Waals surface area contributed by atoms with Gasteiger partial charge < -0.3 is 15.8 Å². The number of carbonyl (C=O) groups excluding carboxylic acids is 1. The second kappa shape index (κ2) is 7.01. The lowest BCUT2D eigenvalue weighted by molar-refractivity contribution is -0.122. The van der Waals surface area contributed by atoms with E-state index < -0.39 is 0 Å². The maximum absolute atomic E-state index is 11.8. The van der Waals surface area contributed by atoms with Gasteiger partial charge in [0, 0.05) is 6.42 Å². The Morgan fingerprint density at radius 3 is 2.78 bits per heavy atom. The molecule has 0 aromatic heterocycles. The number of hydrogen-bond acceptors (Lipinski definition) is 3. The molecule has 0 aliphatic rings. The largest absolute Gasteiger partial charge is 0.497 e. The summed E-state index contributed by atoms with van der Waals surface area (Å²) in [5, 5.41) is 2.96. The Morgan fingerprint density at radius 1 is 1.44 bits per heavy atom. The summed E-state index contributed by atoms with van der Waals surface area (Å²) in [6.45, 7) is 4.45. The van der Waals surface area contributed by atoms with Crippen molar-refractivity contribution in [1.29, 1.82) is 0 Å². The molecule has 0 radical (unpaired) electrons. The van der Waals surface area contributed by atoms with E-state index >= 15 is 0 Å². The predicted molar refractivity (Wildman–Crippen MR) is 72.4 cm³/mol. The summed E-state index contributed by atoms with van der Waals surface area (Å²) in [6, 6.07) is 7.67. The summed E-state index contributed by atoms with van der Waals surface area (Å²) >= 11 is 0. The molecule has 0 bridgehead atoms. The lowest BCUT2D eigenvalue weighted by atomic mass is 10.1. The van der Waals surface area contributed by atoms with Gasteiger partial charge >= 0.3 is 0 Å². The topological polar surface area (TPSA) is 64.3 Å². The quantitative estimate of drug-likeness (QED) is 0.810. The van der Waals surface area contributed by atoms with Crippen molar-refractivity contribution in [2.24, 2.45) is 11.7 Å². The molecule has 2 atom stereocenters. The molecule has 1 amide bonds. The van der Waals surface area contributed by atoms with Crippen LogP contribution in [0.15, 0.2) is 24.3 Å². The molecule has 1 rings (SSSR count). The summed E-state index contributed by atoms with van der Waals surface area (Å²) in [5.41, 5.74) is 6.53. The van der Waals surface area contributed by atoms with Gasteiger partial charge in [-0.3, -0.25) is 4.79 Å². The lowest BCUT2D eigenvalue weighted by Crippen LogP contribution is -2.29. The zero-order valence-electron chi connectivity index (χ0n) is 11.3. The number of amides is 1. The van der Waals surface area contributed by atoms with Crippen molar-refractivity contribution in [3.63, 3.8) is 0 Å². The molecule has 3 N–H and O–H groups in total. The molecular formula is C14H22N2O2. The summed E-state index contributed by atoms with van der Waals surface area (Å²) in [6.07, 6.45) is 0.463. The van der Waals surface area contributed by atoms with Crippen LogP contribution < -0.4 is 15.8 Å². The van der Waals surface area contributed by atoms with E-state index in [4.69, 9.17) is 10.5 Å². The van der Waals surface area contributed by atoms with E-state index in [1.165, 1.54) is 0 Å². The van der Waals surface area contributed by atoms with Crippen LogP contribution in [0, 0.1) is 5.92 Å². The third-order valence-electron chi connectivity index (χ3n) is 2.91. The Balaban J connectivity index is 2.58. The van der Waals surface area contributed by atoms with E-state index in [0.29, 0.717) is 13.0 Å². The van der Waals surface area contributed by atoms with Crippen LogP contribution in [0.3, 0.4) is 0 Å². The maximum atomic E-state index is 11.8. The first-order valence-electron chi connectivity index (χ1n) is 6.20. The molecular weight excluding hydrogens is 228 g/mol. The van der Waals surface area contributed by atoms with Crippen LogP contribution in [0.5, 0.6) is 5.75 Å². The van der Waals surface area contributed by atoms with Gasteiger partial charge in [-0.05, 0) is 37.1 Å². The van der Waals surface area contributed by atoms with E-state index in [-0.39, 0.29) is 17.9 Å². The first-order chi connectivity index (χ1) is 8.56. The molecule has 4 heteroatoms. The fourth-order valence-corrected chi connectivity index (χ4v) is 1.69. The summed E-state index contributed by atoms with van der Waals surface area (Å²) < 4.78 is 5.16. The van der Waals surface area contributed by atoms with E-state index in [0.717, 1.165) is 11.3 Å². The van der Waals surface area contributed by atoms with Crippen molar-refractivity contribution in [2.75, 3.05) is 13.7 Å². The van der Waals surface area contributed by atoms with Crippen molar-refractivity contribution in [1.82, 2.24) is 5.32 Å². The van der Waals surface area contributed by atoms with E-state index in [2.05, 4.69) is 5.32 Å². The minimum Gasteiger partial charge on any atom is -0.497 e. The molecule has 2 unspecified atom stereocenters. The summed E-state index contributed by atoms with van der Waals surface area (Å²) in [7, 11) is 1.63. The molecule has 0 aliphatic carbocycles. The third-order valence-corrected chi connectivity index (χ3v) is 2.91. The van der Waals surface area contributed by atoms with Gasteiger partial charge in [-0.2, -0.15) is 0 Å². The third kappa shape index (κ3) is 4.37. The highest BCUT2D eigenvalue weighted by Crippen LogP contribution is 2.18. The number of methoxy groups -OCH3 is 1. The molecule has 0 saturated heterocycles. The molecule has 18 heavy (non-hydrogen) atoms. The number of hydrogen-bond donors (Lipinski definition) is 2. The summed E-state index contributed by atoms with van der Waals surface area (Å²) in [5.74, 6) is 1.04. The van der Waals surface area contributed by atoms with Crippen molar-refractivity contribution >= 4 is 5.91 Å². The first-order valence-corrected chi connectivity index (χ1v) is 6.20. The Labute approximate surface area is 109 Å². The van der Waals surface area contributed by atoms with Crippen LogP contribution >= 0.6 is 0 Å². The van der Waals surface area contributed by atoms with Gasteiger partial charge in [-0.25, -0.2) is 0 Å². The number of nitrogens with two attached hydrogens (primary N) is 1. The number of carbonyl (C=O) groups is 1. The number of benzene rings is 1. The zero-order valence-corrected chi connectivity index (χ0v) is 11.3. The smallest absolute Gasteiger partial charge is 0.220 e. The van der Waals surface area contributed by atoms with Gasteiger partial charge in [0.15, 0.2) is 0 Å². The number of nitrogens with one attached hydrogen (secondary N) is 1. The minimum absolute atomic E-state index is 0.0300. The molecule has 1 aromatic carbocycles. The number of ether oxygens (including phenoxy) is 1. The van der Waals surface area contributed by atoms with Gasteiger partial charge in [-0.15, -0.1) is 0 Å². The fraction of sp³-hybridized carbons (Fsp3) is 0.500. The molecule has 0 saturated carbocycles. The van der Waals surface area contributed by atoms with Crippen LogP contribution in [0.4, 0.5) is 0 Å². The number of rotatable bonds is 6. The van der Waals surface area contributed by atoms with E-state index in [9.17, 15) is 4.79 Å². The first kappa shape index (κ1) is 14.5. The Morgan fingerprint density at radius 2 is 2.17 bits per heavy atom. The van der Waals surface area contributed by atoms with Crippen molar-refractivity contribution in [3.05, 3.63) is 29.8 Å². The van der Waals surface area contributed by atoms with Gasteiger partial charge in [0.1, 0.15) is 5.75 Å². The second-order valence-corrected chi connectivity index (χ2v) is 4.61. The molecule has 0 heterocycles. The molecule has 0 fully saturated rings. The van der Waals surface area contributed by atoms with Gasteiger partial charge in [-0.1, -0.05) is 19.1 Å². The predicted octanol–water partition coefficient (Wildman–Crippen LogP) is 1.86. The van der Waals surface area contributed by atoms with Crippen LogP contribution in [0.25, 0.3) is 0 Å². The van der Waals surface area contributed by atoms with Crippen molar-refractivity contribution in [3.8, 4) is 5.75 Å². The highest BCUT2D eigenvalue weighted by molar-refractivity contribution is 5.76. The Bertz CT molecular complexity index is 393. The lowest BCUT2D eigenvalue weighted by Gasteiger charge is -2.16. The highest BCUT2D eigenvalue weighted by Gasteiger charge is 2.12. The van der Waals surface area contributed by atoms with Crippen LogP contribution in [0.2, 0.25) is 0 Å². The second-order valence-electron chi connectivity index (χ2n) is 4.61. The average molecular weight is 250 g/mol. The normalized spacial score (nSPS) is 13.8. The zero-order chi connectivity index (χ0) is 13.5. The van der Waals surface area contributed by atoms with Crippen molar-refractivity contribution in [2.45, 2.75) is 26.3 Å². The van der Waals surface area contributed by atoms with E-state index in [1.54, 1.807) is 7.11 Å². The average Bonchev–Trinajstić information content (AvgIpc) is 2.38. The SMILES string of the molecule is COc1cccc(C(C)NC(=O)CC(C)CN)c1.